The number of hydrogen-bond donors (Lipinski definition) is 2. The highest BCUT2D eigenvalue weighted by atomic mass is 16.5. The minimum atomic E-state index is 0.294. The molecule has 0 aliphatic heterocycles. The molecule has 0 atom stereocenters. The number of unbranched alkanes of at least 4 members (excludes halogenated alkanes) is 2. The molecule has 30 heavy (non-hydrogen) atoms. The summed E-state index contributed by atoms with van der Waals surface area (Å²) in [5.41, 5.74) is 8.88. The van der Waals surface area contributed by atoms with Crippen molar-refractivity contribution < 1.29 is 9.47 Å². The molecule has 0 bridgehead atoms. The fraction of sp³-hybridized carbons (Fsp3) is 0.565. The molecule has 7 heteroatoms. The summed E-state index contributed by atoms with van der Waals surface area (Å²) in [4.78, 5) is 11.0. The summed E-state index contributed by atoms with van der Waals surface area (Å²) < 4.78 is 11.5. The highest BCUT2D eigenvalue weighted by molar-refractivity contribution is 5.53. The van der Waals surface area contributed by atoms with Crippen molar-refractivity contribution in [2.75, 3.05) is 52.0 Å². The van der Waals surface area contributed by atoms with Crippen LogP contribution >= 0.6 is 0 Å². The number of aryl methyl sites for hydroxylation is 1. The van der Waals surface area contributed by atoms with Gasteiger partial charge in [0.1, 0.15) is 17.3 Å². The van der Waals surface area contributed by atoms with Crippen molar-refractivity contribution >= 4 is 11.8 Å². The number of ether oxygens (including phenoxy) is 2. The van der Waals surface area contributed by atoms with Gasteiger partial charge >= 0.3 is 0 Å². The Balaban J connectivity index is 2.14. The number of hydrogen-bond acceptors (Lipinski definition) is 7. The van der Waals surface area contributed by atoms with Gasteiger partial charge in [-0.05, 0) is 45.5 Å². The number of rotatable bonds is 13. The van der Waals surface area contributed by atoms with E-state index >= 15 is 0 Å². The van der Waals surface area contributed by atoms with E-state index < -0.39 is 0 Å². The third kappa shape index (κ3) is 7.37. The van der Waals surface area contributed by atoms with Gasteiger partial charge in [-0.3, -0.25) is 0 Å². The third-order valence-corrected chi connectivity index (χ3v) is 4.95. The zero-order valence-electron chi connectivity index (χ0n) is 19.1. The molecule has 0 fully saturated rings. The van der Waals surface area contributed by atoms with E-state index in [-0.39, 0.29) is 0 Å². The Kier molecular flexibility index (Phi) is 9.67. The lowest BCUT2D eigenvalue weighted by Gasteiger charge is -2.16. The zero-order chi connectivity index (χ0) is 21.9. The van der Waals surface area contributed by atoms with Crippen LogP contribution in [0.15, 0.2) is 18.2 Å². The smallest absolute Gasteiger partial charge is 0.222 e. The summed E-state index contributed by atoms with van der Waals surface area (Å²) >= 11 is 0. The maximum absolute atomic E-state index is 5.90. The SMILES string of the molecule is CCCCCNc1nc(N)nc(C)c1Cc1ccc(OCCCN(C)C)cc1OC. The van der Waals surface area contributed by atoms with Crippen LogP contribution in [0, 0.1) is 6.92 Å². The Morgan fingerprint density at radius 2 is 1.93 bits per heavy atom. The molecule has 2 rings (SSSR count). The molecular formula is C23H37N5O2. The molecule has 2 aromatic rings. The van der Waals surface area contributed by atoms with Crippen LogP contribution in [-0.4, -0.2) is 55.8 Å². The van der Waals surface area contributed by atoms with Crippen molar-refractivity contribution in [3.05, 3.63) is 35.0 Å². The normalized spacial score (nSPS) is 11.0. The second-order valence-electron chi connectivity index (χ2n) is 7.78. The van der Waals surface area contributed by atoms with Crippen molar-refractivity contribution in [2.45, 2.75) is 46.0 Å². The summed E-state index contributed by atoms with van der Waals surface area (Å²) in [5.74, 6) is 2.72. The Bertz CT molecular complexity index is 795. The summed E-state index contributed by atoms with van der Waals surface area (Å²) in [6.07, 6.45) is 5.10. The van der Waals surface area contributed by atoms with Crippen molar-refractivity contribution in [3.63, 3.8) is 0 Å². The molecule has 0 saturated carbocycles. The molecule has 0 aliphatic carbocycles. The monoisotopic (exact) mass is 415 g/mol. The lowest BCUT2D eigenvalue weighted by Crippen LogP contribution is -2.15. The molecule has 166 valence electrons. The number of benzene rings is 1. The number of nitrogen functional groups attached to an aromatic ring is 1. The molecule has 1 aromatic carbocycles. The third-order valence-electron chi connectivity index (χ3n) is 4.95. The largest absolute Gasteiger partial charge is 0.496 e. The summed E-state index contributed by atoms with van der Waals surface area (Å²) in [5, 5.41) is 3.44. The van der Waals surface area contributed by atoms with Crippen molar-refractivity contribution in [3.8, 4) is 11.5 Å². The molecule has 3 N–H and O–H groups in total. The predicted octanol–water partition coefficient (Wildman–Crippen LogP) is 3.90. The van der Waals surface area contributed by atoms with Gasteiger partial charge in [0.05, 0.1) is 13.7 Å². The average Bonchev–Trinajstić information content (AvgIpc) is 2.71. The van der Waals surface area contributed by atoms with Crippen LogP contribution in [0.25, 0.3) is 0 Å². The number of aromatic nitrogens is 2. The van der Waals surface area contributed by atoms with E-state index in [0.717, 1.165) is 60.1 Å². The van der Waals surface area contributed by atoms with Gasteiger partial charge in [0.25, 0.3) is 0 Å². The molecule has 1 heterocycles. The highest BCUT2D eigenvalue weighted by Gasteiger charge is 2.14. The number of methoxy groups -OCH3 is 1. The molecule has 1 aromatic heterocycles. The molecule has 0 spiro atoms. The quantitative estimate of drug-likeness (QED) is 0.480. The second kappa shape index (κ2) is 12.2. The minimum Gasteiger partial charge on any atom is -0.496 e. The van der Waals surface area contributed by atoms with Crippen LogP contribution in [0.3, 0.4) is 0 Å². The Hall–Kier alpha value is -2.54. The first kappa shape index (κ1) is 23.7. The highest BCUT2D eigenvalue weighted by Crippen LogP contribution is 2.30. The van der Waals surface area contributed by atoms with Crippen LogP contribution in [0.5, 0.6) is 11.5 Å². The van der Waals surface area contributed by atoms with Crippen molar-refractivity contribution in [1.82, 2.24) is 14.9 Å². The summed E-state index contributed by atoms with van der Waals surface area (Å²) in [6.45, 7) is 6.71. The summed E-state index contributed by atoms with van der Waals surface area (Å²) in [7, 11) is 5.81. The number of nitrogens with two attached hydrogens (primary N) is 1. The topological polar surface area (TPSA) is 85.5 Å². The van der Waals surface area contributed by atoms with Crippen LogP contribution in [-0.2, 0) is 6.42 Å². The van der Waals surface area contributed by atoms with E-state index in [9.17, 15) is 0 Å². The lowest BCUT2D eigenvalue weighted by atomic mass is 10.0. The van der Waals surface area contributed by atoms with Gasteiger partial charge in [-0.25, -0.2) is 4.98 Å². The average molecular weight is 416 g/mol. The molecule has 0 saturated heterocycles. The van der Waals surface area contributed by atoms with Gasteiger partial charge in [0.15, 0.2) is 0 Å². The second-order valence-corrected chi connectivity index (χ2v) is 7.78. The Morgan fingerprint density at radius 1 is 1.13 bits per heavy atom. The number of nitrogens with zero attached hydrogens (tertiary/aromatic N) is 3. The first-order valence-corrected chi connectivity index (χ1v) is 10.8. The van der Waals surface area contributed by atoms with Crippen molar-refractivity contribution in [2.24, 2.45) is 0 Å². The summed E-state index contributed by atoms with van der Waals surface area (Å²) in [6, 6.07) is 6.00. The van der Waals surface area contributed by atoms with E-state index in [1.54, 1.807) is 7.11 Å². The van der Waals surface area contributed by atoms with Crippen LogP contribution < -0.4 is 20.5 Å². The van der Waals surface area contributed by atoms with E-state index in [2.05, 4.69) is 47.3 Å². The van der Waals surface area contributed by atoms with Gasteiger partial charge in [0, 0.05) is 36.8 Å². The van der Waals surface area contributed by atoms with Crippen LogP contribution in [0.2, 0.25) is 0 Å². The van der Waals surface area contributed by atoms with Gasteiger partial charge in [-0.2, -0.15) is 4.98 Å². The van der Waals surface area contributed by atoms with Crippen LogP contribution in [0.4, 0.5) is 11.8 Å². The van der Waals surface area contributed by atoms with Gasteiger partial charge < -0.3 is 25.4 Å². The van der Waals surface area contributed by atoms with Gasteiger partial charge in [0.2, 0.25) is 5.95 Å². The molecule has 0 radical (unpaired) electrons. The van der Waals surface area contributed by atoms with Gasteiger partial charge in [-0.1, -0.05) is 25.8 Å². The lowest BCUT2D eigenvalue weighted by molar-refractivity contribution is 0.280. The number of anilines is 2. The Morgan fingerprint density at radius 3 is 2.63 bits per heavy atom. The standard InChI is InChI=1S/C23H37N5O2/c1-6-7-8-12-25-22-20(17(2)26-23(24)27-22)15-18-10-11-19(16-21(18)29-5)30-14-9-13-28(3)4/h10-11,16H,6-9,12-15H2,1-5H3,(H3,24,25,26,27). The molecule has 0 unspecified atom stereocenters. The molecular weight excluding hydrogens is 378 g/mol. The van der Waals surface area contributed by atoms with E-state index in [1.807, 2.05) is 19.1 Å². The molecule has 7 nitrogen and oxygen atoms in total. The van der Waals surface area contributed by atoms with E-state index in [1.165, 1.54) is 12.8 Å². The maximum Gasteiger partial charge on any atom is 0.222 e. The van der Waals surface area contributed by atoms with E-state index in [4.69, 9.17) is 15.2 Å². The predicted molar refractivity (Wildman–Crippen MR) is 124 cm³/mol. The molecule has 0 aliphatic rings. The fourth-order valence-electron chi connectivity index (χ4n) is 3.28. The fourth-order valence-corrected chi connectivity index (χ4v) is 3.28. The zero-order valence-corrected chi connectivity index (χ0v) is 19.1. The van der Waals surface area contributed by atoms with Crippen LogP contribution in [0.1, 0.15) is 49.4 Å². The first-order valence-electron chi connectivity index (χ1n) is 10.8. The Labute approximate surface area is 181 Å². The molecule has 0 amide bonds. The maximum atomic E-state index is 5.90. The minimum absolute atomic E-state index is 0.294. The van der Waals surface area contributed by atoms with Crippen molar-refractivity contribution in [1.29, 1.82) is 0 Å². The van der Waals surface area contributed by atoms with E-state index in [0.29, 0.717) is 19.0 Å². The number of nitrogens with one attached hydrogen (secondary N) is 1. The first-order chi connectivity index (χ1) is 14.4. The van der Waals surface area contributed by atoms with Gasteiger partial charge in [-0.15, -0.1) is 0 Å².